The number of guanidine groups is 1. The molecule has 0 saturated carbocycles. The van der Waals surface area contributed by atoms with Crippen molar-refractivity contribution in [1.82, 2.24) is 10.2 Å². The number of carbonyl (C=O) groups excluding carboxylic acids is 1. The fourth-order valence-electron chi connectivity index (χ4n) is 2.57. The van der Waals surface area contributed by atoms with E-state index in [2.05, 4.69) is 15.2 Å². The summed E-state index contributed by atoms with van der Waals surface area (Å²) in [5.74, 6) is 0.438. The second kappa shape index (κ2) is 14.0. The molecule has 1 fully saturated rings. The van der Waals surface area contributed by atoms with E-state index in [4.69, 9.17) is 15.2 Å². The number of hydrogen-bond donors (Lipinski definition) is 2. The van der Waals surface area contributed by atoms with Gasteiger partial charge < -0.3 is 20.5 Å². The number of aliphatic imine (C=N–C) groups is 1. The van der Waals surface area contributed by atoms with Crippen LogP contribution < -0.4 is 11.1 Å². The van der Waals surface area contributed by atoms with Gasteiger partial charge in [-0.2, -0.15) is 0 Å². The number of ether oxygens (including phenoxy) is 2. The van der Waals surface area contributed by atoms with Gasteiger partial charge in [0.15, 0.2) is 5.96 Å². The molecule has 0 aromatic heterocycles. The summed E-state index contributed by atoms with van der Waals surface area (Å²) in [6.45, 7) is 8.67. The Hall–Kier alpha value is -1.34. The molecule has 24 heavy (non-hydrogen) atoms. The van der Waals surface area contributed by atoms with Gasteiger partial charge >= 0.3 is 5.97 Å². The van der Waals surface area contributed by atoms with Crippen LogP contribution in [0.25, 0.3) is 0 Å². The van der Waals surface area contributed by atoms with Crippen LogP contribution >= 0.6 is 0 Å². The molecule has 140 valence electrons. The Balaban J connectivity index is 1.89. The lowest BCUT2D eigenvalue weighted by Crippen LogP contribution is -2.37. The largest absolute Gasteiger partial charge is 0.466 e. The van der Waals surface area contributed by atoms with Crippen molar-refractivity contribution in [2.45, 2.75) is 45.4 Å². The monoisotopic (exact) mass is 342 g/mol. The van der Waals surface area contributed by atoms with Crippen LogP contribution in [0.3, 0.4) is 0 Å². The molecular formula is C17H34N4O3. The van der Waals surface area contributed by atoms with E-state index in [9.17, 15) is 4.79 Å². The summed E-state index contributed by atoms with van der Waals surface area (Å²) in [6.07, 6.45) is 5.59. The second-order valence-electron chi connectivity index (χ2n) is 5.97. The highest BCUT2D eigenvalue weighted by Crippen LogP contribution is 2.03. The Bertz CT molecular complexity index is 358. The van der Waals surface area contributed by atoms with Gasteiger partial charge in [-0.1, -0.05) is 12.8 Å². The molecule has 0 aromatic rings. The van der Waals surface area contributed by atoms with Gasteiger partial charge in [0.2, 0.25) is 0 Å². The fraction of sp³-hybridized carbons (Fsp3) is 0.882. The third kappa shape index (κ3) is 11.2. The van der Waals surface area contributed by atoms with E-state index in [1.165, 1.54) is 0 Å². The van der Waals surface area contributed by atoms with E-state index in [-0.39, 0.29) is 5.97 Å². The maximum Gasteiger partial charge on any atom is 0.305 e. The minimum Gasteiger partial charge on any atom is -0.466 e. The lowest BCUT2D eigenvalue weighted by molar-refractivity contribution is -0.143. The number of unbranched alkanes of at least 4 members (excludes halogenated alkanes) is 3. The van der Waals surface area contributed by atoms with Gasteiger partial charge in [-0.15, -0.1) is 0 Å². The highest BCUT2D eigenvalue weighted by Gasteiger charge is 2.08. The van der Waals surface area contributed by atoms with Crippen LogP contribution in [-0.2, 0) is 14.3 Å². The van der Waals surface area contributed by atoms with Crippen molar-refractivity contribution in [2.75, 3.05) is 52.5 Å². The molecule has 1 rings (SSSR count). The highest BCUT2D eigenvalue weighted by molar-refractivity contribution is 5.77. The highest BCUT2D eigenvalue weighted by atomic mass is 16.5. The average Bonchev–Trinajstić information content (AvgIpc) is 2.59. The van der Waals surface area contributed by atoms with Crippen LogP contribution in [0, 0.1) is 0 Å². The number of rotatable bonds is 12. The Labute approximate surface area is 146 Å². The van der Waals surface area contributed by atoms with E-state index in [1.807, 2.05) is 6.92 Å². The predicted molar refractivity (Wildman–Crippen MR) is 96.1 cm³/mol. The Morgan fingerprint density at radius 3 is 2.71 bits per heavy atom. The SMILES string of the molecule is CCOC(=O)CCCCCCNC(N)=NCCCN1CCOCC1. The molecule has 7 nitrogen and oxygen atoms in total. The number of carbonyl (C=O) groups is 1. The molecule has 7 heteroatoms. The van der Waals surface area contributed by atoms with Crippen molar-refractivity contribution in [3.8, 4) is 0 Å². The van der Waals surface area contributed by atoms with Gasteiger partial charge in [0.25, 0.3) is 0 Å². The molecule has 1 saturated heterocycles. The first-order chi connectivity index (χ1) is 11.7. The van der Waals surface area contributed by atoms with Crippen LogP contribution in [0.5, 0.6) is 0 Å². The first-order valence-electron chi connectivity index (χ1n) is 9.22. The molecule has 0 unspecified atom stereocenters. The minimum absolute atomic E-state index is 0.0934. The van der Waals surface area contributed by atoms with E-state index >= 15 is 0 Å². The summed E-state index contributed by atoms with van der Waals surface area (Å²) in [7, 11) is 0. The molecule has 3 N–H and O–H groups in total. The quantitative estimate of drug-likeness (QED) is 0.239. The number of nitrogens with zero attached hydrogens (tertiary/aromatic N) is 2. The van der Waals surface area contributed by atoms with E-state index in [0.29, 0.717) is 19.0 Å². The van der Waals surface area contributed by atoms with Crippen LogP contribution in [0.4, 0.5) is 0 Å². The smallest absolute Gasteiger partial charge is 0.305 e. The Morgan fingerprint density at radius 2 is 1.96 bits per heavy atom. The van der Waals surface area contributed by atoms with Crippen LogP contribution in [0.15, 0.2) is 4.99 Å². The molecule has 1 heterocycles. The molecule has 0 spiro atoms. The maximum atomic E-state index is 11.2. The fourth-order valence-corrected chi connectivity index (χ4v) is 2.57. The summed E-state index contributed by atoms with van der Waals surface area (Å²) < 4.78 is 10.2. The number of esters is 1. The third-order valence-corrected chi connectivity index (χ3v) is 3.94. The van der Waals surface area contributed by atoms with Gasteiger partial charge in [-0.3, -0.25) is 14.7 Å². The molecule has 0 amide bonds. The zero-order valence-corrected chi connectivity index (χ0v) is 15.1. The number of nitrogens with one attached hydrogen (secondary N) is 1. The average molecular weight is 342 g/mol. The minimum atomic E-state index is -0.0934. The number of hydrogen-bond acceptors (Lipinski definition) is 5. The molecule has 1 aliphatic heterocycles. The zero-order chi connectivity index (χ0) is 17.5. The molecule has 0 bridgehead atoms. The molecule has 0 radical (unpaired) electrons. The van der Waals surface area contributed by atoms with Crippen molar-refractivity contribution in [1.29, 1.82) is 0 Å². The van der Waals surface area contributed by atoms with Gasteiger partial charge in [0.05, 0.1) is 19.8 Å². The van der Waals surface area contributed by atoms with Crippen molar-refractivity contribution < 1.29 is 14.3 Å². The Morgan fingerprint density at radius 1 is 1.21 bits per heavy atom. The van der Waals surface area contributed by atoms with E-state index in [0.717, 1.165) is 78.0 Å². The molecule has 1 aliphatic rings. The van der Waals surface area contributed by atoms with Gasteiger partial charge in [0, 0.05) is 39.1 Å². The van der Waals surface area contributed by atoms with Crippen LogP contribution in [0.2, 0.25) is 0 Å². The second-order valence-corrected chi connectivity index (χ2v) is 5.97. The van der Waals surface area contributed by atoms with Gasteiger partial charge in [0.1, 0.15) is 0 Å². The van der Waals surface area contributed by atoms with Crippen molar-refractivity contribution in [2.24, 2.45) is 10.7 Å². The van der Waals surface area contributed by atoms with Gasteiger partial charge in [-0.05, 0) is 26.2 Å². The van der Waals surface area contributed by atoms with E-state index < -0.39 is 0 Å². The molecule has 0 aliphatic carbocycles. The summed E-state index contributed by atoms with van der Waals surface area (Å²) in [4.78, 5) is 17.9. The number of nitrogens with two attached hydrogens (primary N) is 1. The normalized spacial score (nSPS) is 16.1. The van der Waals surface area contributed by atoms with Gasteiger partial charge in [-0.25, -0.2) is 0 Å². The van der Waals surface area contributed by atoms with Crippen LogP contribution in [0.1, 0.15) is 45.4 Å². The summed E-state index contributed by atoms with van der Waals surface area (Å²) in [5, 5.41) is 3.14. The molecule has 0 atom stereocenters. The van der Waals surface area contributed by atoms with Crippen molar-refractivity contribution in [3.05, 3.63) is 0 Å². The first kappa shape index (κ1) is 20.7. The van der Waals surface area contributed by atoms with Crippen molar-refractivity contribution >= 4 is 11.9 Å². The Kier molecular flexibility index (Phi) is 12.1. The predicted octanol–water partition coefficient (Wildman–Crippen LogP) is 1.13. The first-order valence-corrected chi connectivity index (χ1v) is 9.22. The topological polar surface area (TPSA) is 89.2 Å². The maximum absolute atomic E-state index is 11.2. The van der Waals surface area contributed by atoms with Crippen molar-refractivity contribution in [3.63, 3.8) is 0 Å². The standard InChI is InChI=1S/C17H34N4O3/c1-2-24-16(22)8-5-3-4-6-9-19-17(18)20-10-7-11-21-12-14-23-15-13-21/h2-15H2,1H3,(H3,18,19,20). The number of morpholine rings is 1. The van der Waals surface area contributed by atoms with Crippen LogP contribution in [-0.4, -0.2) is 69.4 Å². The molecular weight excluding hydrogens is 308 g/mol. The van der Waals surface area contributed by atoms with E-state index in [1.54, 1.807) is 0 Å². The zero-order valence-electron chi connectivity index (χ0n) is 15.1. The summed E-state index contributed by atoms with van der Waals surface area (Å²) in [5.41, 5.74) is 5.85. The summed E-state index contributed by atoms with van der Waals surface area (Å²) >= 11 is 0. The summed E-state index contributed by atoms with van der Waals surface area (Å²) in [6, 6.07) is 0. The third-order valence-electron chi connectivity index (χ3n) is 3.94. The molecule has 0 aromatic carbocycles. The lowest BCUT2D eigenvalue weighted by atomic mass is 10.1. The lowest BCUT2D eigenvalue weighted by Gasteiger charge is -2.26.